The SMILES string of the molecule is O=C(NCc1cncc(-c2ccoc2)c1)[C@@H]1CC=CCC1. The number of hydrogen-bond donors (Lipinski definition) is 1. The van der Waals surface area contributed by atoms with Gasteiger partial charge in [0.1, 0.15) is 0 Å². The number of nitrogens with zero attached hydrogens (tertiary/aromatic N) is 1. The molecule has 2 aromatic rings. The molecule has 1 N–H and O–H groups in total. The van der Waals surface area contributed by atoms with Crippen LogP contribution in [-0.2, 0) is 11.3 Å². The largest absolute Gasteiger partial charge is 0.472 e. The first-order valence-electron chi connectivity index (χ1n) is 7.22. The van der Waals surface area contributed by atoms with Gasteiger partial charge in [-0.25, -0.2) is 0 Å². The van der Waals surface area contributed by atoms with Crippen LogP contribution in [-0.4, -0.2) is 10.9 Å². The smallest absolute Gasteiger partial charge is 0.223 e. The molecule has 2 aromatic heterocycles. The molecule has 0 spiro atoms. The molecule has 0 bridgehead atoms. The molecule has 0 saturated carbocycles. The van der Waals surface area contributed by atoms with Crippen LogP contribution in [0.25, 0.3) is 11.1 Å². The van der Waals surface area contributed by atoms with Gasteiger partial charge in [0.25, 0.3) is 0 Å². The number of amides is 1. The molecule has 21 heavy (non-hydrogen) atoms. The Hall–Kier alpha value is -2.36. The number of hydrogen-bond acceptors (Lipinski definition) is 3. The lowest BCUT2D eigenvalue weighted by molar-refractivity contribution is -0.125. The quantitative estimate of drug-likeness (QED) is 0.875. The van der Waals surface area contributed by atoms with E-state index in [-0.39, 0.29) is 11.8 Å². The van der Waals surface area contributed by atoms with Crippen LogP contribution in [0, 0.1) is 5.92 Å². The van der Waals surface area contributed by atoms with E-state index in [0.717, 1.165) is 36.0 Å². The van der Waals surface area contributed by atoms with E-state index >= 15 is 0 Å². The third kappa shape index (κ3) is 3.40. The van der Waals surface area contributed by atoms with E-state index in [1.165, 1.54) is 0 Å². The Morgan fingerprint density at radius 2 is 2.29 bits per heavy atom. The molecule has 0 aliphatic heterocycles. The van der Waals surface area contributed by atoms with Gasteiger partial charge >= 0.3 is 0 Å². The third-order valence-electron chi connectivity index (χ3n) is 3.76. The summed E-state index contributed by atoms with van der Waals surface area (Å²) in [6.45, 7) is 0.512. The van der Waals surface area contributed by atoms with Crippen LogP contribution in [0.2, 0.25) is 0 Å². The Kier molecular flexibility index (Phi) is 4.15. The summed E-state index contributed by atoms with van der Waals surface area (Å²) in [6.07, 6.45) is 13.9. The average Bonchev–Trinajstić information content (AvgIpc) is 3.08. The number of rotatable bonds is 4. The molecule has 0 radical (unpaired) electrons. The summed E-state index contributed by atoms with van der Waals surface area (Å²) < 4.78 is 5.08. The van der Waals surface area contributed by atoms with Crippen molar-refractivity contribution < 1.29 is 9.21 Å². The van der Waals surface area contributed by atoms with Gasteiger partial charge in [-0.1, -0.05) is 12.2 Å². The van der Waals surface area contributed by atoms with E-state index in [9.17, 15) is 4.79 Å². The number of nitrogens with one attached hydrogen (secondary N) is 1. The fraction of sp³-hybridized carbons (Fsp3) is 0.294. The second-order valence-corrected chi connectivity index (χ2v) is 5.29. The lowest BCUT2D eigenvalue weighted by Crippen LogP contribution is -2.30. The van der Waals surface area contributed by atoms with Crippen molar-refractivity contribution in [2.24, 2.45) is 5.92 Å². The van der Waals surface area contributed by atoms with Gasteiger partial charge < -0.3 is 9.73 Å². The Labute approximate surface area is 123 Å². The Morgan fingerprint density at radius 1 is 1.33 bits per heavy atom. The van der Waals surface area contributed by atoms with Crippen LogP contribution in [0.4, 0.5) is 0 Å². The highest BCUT2D eigenvalue weighted by Crippen LogP contribution is 2.20. The monoisotopic (exact) mass is 282 g/mol. The molecule has 108 valence electrons. The van der Waals surface area contributed by atoms with Crippen LogP contribution in [0.5, 0.6) is 0 Å². The highest BCUT2D eigenvalue weighted by molar-refractivity contribution is 5.79. The molecular formula is C17H18N2O2. The number of allylic oxidation sites excluding steroid dienone is 2. The average molecular weight is 282 g/mol. The molecule has 4 heteroatoms. The van der Waals surface area contributed by atoms with Crippen molar-refractivity contribution in [2.75, 3.05) is 0 Å². The Bertz CT molecular complexity index is 632. The number of furan rings is 1. The van der Waals surface area contributed by atoms with Crippen molar-refractivity contribution in [3.63, 3.8) is 0 Å². The van der Waals surface area contributed by atoms with Crippen molar-refractivity contribution in [1.82, 2.24) is 10.3 Å². The summed E-state index contributed by atoms with van der Waals surface area (Å²) in [5.41, 5.74) is 2.98. The van der Waals surface area contributed by atoms with Gasteiger partial charge in [0.15, 0.2) is 0 Å². The fourth-order valence-electron chi connectivity index (χ4n) is 2.54. The number of carbonyl (C=O) groups is 1. The first-order chi connectivity index (χ1) is 10.3. The van der Waals surface area contributed by atoms with Gasteiger partial charge in [0.2, 0.25) is 5.91 Å². The topological polar surface area (TPSA) is 55.1 Å². The zero-order valence-electron chi connectivity index (χ0n) is 11.8. The van der Waals surface area contributed by atoms with E-state index in [4.69, 9.17) is 4.42 Å². The maximum absolute atomic E-state index is 12.1. The molecular weight excluding hydrogens is 264 g/mol. The fourth-order valence-corrected chi connectivity index (χ4v) is 2.54. The highest BCUT2D eigenvalue weighted by atomic mass is 16.3. The van der Waals surface area contributed by atoms with Gasteiger partial charge in [-0.2, -0.15) is 0 Å². The summed E-state index contributed by atoms with van der Waals surface area (Å²) in [5, 5.41) is 3.00. The lowest BCUT2D eigenvalue weighted by atomic mass is 9.93. The summed E-state index contributed by atoms with van der Waals surface area (Å²) >= 11 is 0. The Morgan fingerprint density at radius 3 is 3.05 bits per heavy atom. The molecule has 3 rings (SSSR count). The second kappa shape index (κ2) is 6.39. The maximum atomic E-state index is 12.1. The van der Waals surface area contributed by atoms with E-state index in [0.29, 0.717) is 6.54 Å². The first kappa shape index (κ1) is 13.6. The van der Waals surface area contributed by atoms with Crippen LogP contribution in [0.1, 0.15) is 24.8 Å². The molecule has 0 aromatic carbocycles. The van der Waals surface area contributed by atoms with Crippen molar-refractivity contribution >= 4 is 5.91 Å². The number of pyridine rings is 1. The van der Waals surface area contributed by atoms with Crippen molar-refractivity contribution in [3.05, 3.63) is 54.8 Å². The van der Waals surface area contributed by atoms with E-state index in [1.54, 1.807) is 24.9 Å². The van der Waals surface area contributed by atoms with E-state index < -0.39 is 0 Å². The van der Waals surface area contributed by atoms with Crippen LogP contribution < -0.4 is 5.32 Å². The molecule has 0 fully saturated rings. The summed E-state index contributed by atoms with van der Waals surface area (Å²) in [4.78, 5) is 16.3. The highest BCUT2D eigenvalue weighted by Gasteiger charge is 2.18. The second-order valence-electron chi connectivity index (χ2n) is 5.29. The lowest BCUT2D eigenvalue weighted by Gasteiger charge is -2.17. The molecule has 2 heterocycles. The Balaban J connectivity index is 1.61. The van der Waals surface area contributed by atoms with Gasteiger partial charge in [-0.15, -0.1) is 0 Å². The summed E-state index contributed by atoms with van der Waals surface area (Å²) in [6, 6.07) is 3.92. The molecule has 1 aliphatic carbocycles. The van der Waals surface area contributed by atoms with Crippen LogP contribution in [0.3, 0.4) is 0 Å². The molecule has 0 unspecified atom stereocenters. The zero-order valence-corrected chi connectivity index (χ0v) is 11.8. The number of aromatic nitrogens is 1. The standard InChI is InChI=1S/C17H18N2O2/c20-17(14-4-2-1-3-5-14)19-10-13-8-16(11-18-9-13)15-6-7-21-12-15/h1-2,6-9,11-12,14H,3-5,10H2,(H,19,20)/t14-/m1/s1. The molecule has 1 aliphatic rings. The number of carbonyl (C=O) groups excluding carboxylic acids is 1. The molecule has 4 nitrogen and oxygen atoms in total. The first-order valence-corrected chi connectivity index (χ1v) is 7.22. The molecule has 0 saturated heterocycles. The predicted octanol–water partition coefficient (Wildman–Crippen LogP) is 3.31. The van der Waals surface area contributed by atoms with Gasteiger partial charge in [0, 0.05) is 36.0 Å². The van der Waals surface area contributed by atoms with Crippen molar-refractivity contribution in [1.29, 1.82) is 0 Å². The predicted molar refractivity (Wildman–Crippen MR) is 80.3 cm³/mol. The van der Waals surface area contributed by atoms with Crippen molar-refractivity contribution in [3.8, 4) is 11.1 Å². The normalized spacial score (nSPS) is 17.6. The minimum absolute atomic E-state index is 0.111. The van der Waals surface area contributed by atoms with Gasteiger partial charge in [-0.3, -0.25) is 9.78 Å². The van der Waals surface area contributed by atoms with Gasteiger partial charge in [-0.05, 0) is 37.0 Å². The van der Waals surface area contributed by atoms with Crippen LogP contribution in [0.15, 0.2) is 53.6 Å². The summed E-state index contributed by atoms with van der Waals surface area (Å²) in [7, 11) is 0. The van der Waals surface area contributed by atoms with Crippen molar-refractivity contribution in [2.45, 2.75) is 25.8 Å². The zero-order chi connectivity index (χ0) is 14.5. The van der Waals surface area contributed by atoms with Gasteiger partial charge in [0.05, 0.1) is 12.5 Å². The minimum atomic E-state index is 0.111. The van der Waals surface area contributed by atoms with Crippen LogP contribution >= 0.6 is 0 Å². The molecule has 1 amide bonds. The summed E-state index contributed by atoms with van der Waals surface area (Å²) in [5.74, 6) is 0.244. The molecule has 1 atom stereocenters. The van der Waals surface area contributed by atoms with E-state index in [1.807, 2.05) is 12.1 Å². The minimum Gasteiger partial charge on any atom is -0.472 e. The van der Waals surface area contributed by atoms with E-state index in [2.05, 4.69) is 22.5 Å². The maximum Gasteiger partial charge on any atom is 0.223 e. The third-order valence-corrected chi connectivity index (χ3v) is 3.76.